The van der Waals surface area contributed by atoms with Gasteiger partial charge in [-0.25, -0.2) is 4.98 Å². The molecule has 3 saturated carbocycles. The van der Waals surface area contributed by atoms with Crippen molar-refractivity contribution in [3.8, 4) is 10.6 Å². The van der Waals surface area contributed by atoms with Crippen LogP contribution < -0.4 is 0 Å². The third-order valence-corrected chi connectivity index (χ3v) is 11.4. The second kappa shape index (κ2) is 6.88. The van der Waals surface area contributed by atoms with Crippen molar-refractivity contribution in [1.29, 1.82) is 0 Å². The molecule has 0 radical (unpaired) electrons. The molecule has 6 heteroatoms. The molecule has 170 valence electrons. The Hall–Kier alpha value is -1.27. The quantitative estimate of drug-likeness (QED) is 0.585. The summed E-state index contributed by atoms with van der Waals surface area (Å²) in [5.74, 6) is 1.35. The maximum Gasteiger partial charge on any atom is 0.139 e. The van der Waals surface area contributed by atoms with Gasteiger partial charge < -0.3 is 10.2 Å². The normalized spacial score (nSPS) is 42.7. The minimum Gasteiger partial charge on any atom is -0.390 e. The second-order valence-corrected chi connectivity index (χ2v) is 12.5. The maximum absolute atomic E-state index is 12.7. The van der Waals surface area contributed by atoms with E-state index in [2.05, 4.69) is 13.8 Å². The standard InChI is InChI=1S/C26H30ClNO3S/c1-24-11-9-18-16(17(24)7-8-20(24)29)13-21(30)26(31)22-19(10-12-25(18,26)2)28-23(32-22)14-3-5-15(27)6-4-14/h3-6,16-18,21,30-31H,7-13H2,1-2H3/t16-,17-,18-,21-,24-,25+,26+/m0/s1. The van der Waals surface area contributed by atoms with Gasteiger partial charge in [-0.15, -0.1) is 11.3 Å². The number of fused-ring (bicyclic) bond motifs is 7. The summed E-state index contributed by atoms with van der Waals surface area (Å²) in [6, 6.07) is 7.64. The van der Waals surface area contributed by atoms with Crippen LogP contribution in [-0.2, 0) is 16.8 Å². The number of benzene rings is 1. The maximum atomic E-state index is 12.7. The zero-order chi connectivity index (χ0) is 22.5. The SMILES string of the molecule is C[C@]12CC[C@H]3[C@@H](C[C@H](O)[C@@]4(O)c5sc(-c6ccc(Cl)cc6)nc5CC[C@]34C)[C@@H]1CCC2=O. The molecule has 7 atom stereocenters. The minimum atomic E-state index is -1.29. The van der Waals surface area contributed by atoms with Crippen LogP contribution in [0.15, 0.2) is 24.3 Å². The smallest absolute Gasteiger partial charge is 0.139 e. The van der Waals surface area contributed by atoms with Crippen molar-refractivity contribution < 1.29 is 15.0 Å². The van der Waals surface area contributed by atoms with Gasteiger partial charge in [-0.2, -0.15) is 0 Å². The minimum absolute atomic E-state index is 0.237. The number of aliphatic hydroxyl groups is 2. The lowest BCUT2D eigenvalue weighted by atomic mass is 9.43. The van der Waals surface area contributed by atoms with E-state index in [-0.39, 0.29) is 5.41 Å². The number of hydrogen-bond acceptors (Lipinski definition) is 5. The predicted molar refractivity (Wildman–Crippen MR) is 126 cm³/mol. The highest BCUT2D eigenvalue weighted by Gasteiger charge is 2.68. The Labute approximate surface area is 198 Å². The summed E-state index contributed by atoms with van der Waals surface area (Å²) < 4.78 is 0. The number of nitrogens with zero attached hydrogens (tertiary/aromatic N) is 1. The molecule has 0 unspecified atom stereocenters. The molecular weight excluding hydrogens is 442 g/mol. The van der Waals surface area contributed by atoms with E-state index in [0.717, 1.165) is 53.2 Å². The molecule has 1 aromatic carbocycles. The van der Waals surface area contributed by atoms with Crippen molar-refractivity contribution >= 4 is 28.7 Å². The average Bonchev–Trinajstić information content (AvgIpc) is 3.33. The molecule has 0 saturated heterocycles. The molecule has 6 rings (SSSR count). The molecule has 1 aromatic heterocycles. The fourth-order valence-corrected chi connectivity index (χ4v) is 9.49. The van der Waals surface area contributed by atoms with Gasteiger partial charge in [0, 0.05) is 27.8 Å². The highest BCUT2D eigenvalue weighted by atomic mass is 35.5. The van der Waals surface area contributed by atoms with E-state index in [0.29, 0.717) is 41.4 Å². The van der Waals surface area contributed by atoms with E-state index >= 15 is 0 Å². The molecule has 1 heterocycles. The summed E-state index contributed by atoms with van der Waals surface area (Å²) in [5.41, 5.74) is -0.0347. The highest BCUT2D eigenvalue weighted by Crippen LogP contribution is 2.68. The van der Waals surface area contributed by atoms with Crippen molar-refractivity contribution in [2.24, 2.45) is 28.6 Å². The molecular formula is C26H30ClNO3S. The Balaban J connectivity index is 1.42. The lowest BCUT2D eigenvalue weighted by Gasteiger charge is -2.63. The highest BCUT2D eigenvalue weighted by molar-refractivity contribution is 7.15. The van der Waals surface area contributed by atoms with E-state index in [1.807, 2.05) is 24.3 Å². The molecule has 0 bridgehead atoms. The van der Waals surface area contributed by atoms with Crippen LogP contribution in [0.1, 0.15) is 62.9 Å². The van der Waals surface area contributed by atoms with E-state index < -0.39 is 17.1 Å². The van der Waals surface area contributed by atoms with Gasteiger partial charge in [-0.3, -0.25) is 4.79 Å². The summed E-state index contributed by atoms with van der Waals surface area (Å²) in [6.07, 6.45) is 4.82. The zero-order valence-corrected chi connectivity index (χ0v) is 20.2. The molecule has 0 amide bonds. The lowest BCUT2D eigenvalue weighted by molar-refractivity contribution is -0.247. The largest absolute Gasteiger partial charge is 0.390 e. The fourth-order valence-electron chi connectivity index (χ4n) is 7.97. The van der Waals surface area contributed by atoms with Crippen LogP contribution in [-0.4, -0.2) is 27.1 Å². The van der Waals surface area contributed by atoms with Gasteiger partial charge in [0.1, 0.15) is 16.4 Å². The average molecular weight is 472 g/mol. The number of halogens is 1. The number of rotatable bonds is 1. The monoisotopic (exact) mass is 471 g/mol. The fraction of sp³-hybridized carbons (Fsp3) is 0.615. The number of thiazole rings is 1. The first kappa shape index (κ1) is 21.3. The number of aryl methyl sites for hydroxylation is 1. The molecule has 4 aliphatic carbocycles. The van der Waals surface area contributed by atoms with E-state index in [1.165, 1.54) is 11.3 Å². The number of ketones is 1. The Morgan fingerprint density at radius 2 is 1.84 bits per heavy atom. The van der Waals surface area contributed by atoms with E-state index in [9.17, 15) is 15.0 Å². The molecule has 0 aliphatic heterocycles. The van der Waals surface area contributed by atoms with Crippen LogP contribution in [0.2, 0.25) is 5.02 Å². The number of hydrogen-bond donors (Lipinski definition) is 2. The van der Waals surface area contributed by atoms with E-state index in [4.69, 9.17) is 16.6 Å². The summed E-state index contributed by atoms with van der Waals surface area (Å²) in [5, 5.41) is 25.4. The topological polar surface area (TPSA) is 70.4 Å². The predicted octanol–water partition coefficient (Wildman–Crippen LogP) is 5.38. The van der Waals surface area contributed by atoms with Crippen molar-refractivity contribution in [1.82, 2.24) is 4.98 Å². The third-order valence-electron chi connectivity index (χ3n) is 9.83. The van der Waals surface area contributed by atoms with Gasteiger partial charge >= 0.3 is 0 Å². The van der Waals surface area contributed by atoms with Gasteiger partial charge in [0.05, 0.1) is 16.7 Å². The summed E-state index contributed by atoms with van der Waals surface area (Å²) in [7, 11) is 0. The van der Waals surface area contributed by atoms with Gasteiger partial charge in [-0.1, -0.05) is 37.6 Å². The number of Topliss-reactive ketones (excluding diaryl/α,β-unsaturated/α-hetero) is 1. The number of carbonyl (C=O) groups is 1. The van der Waals surface area contributed by atoms with Crippen LogP contribution in [0.5, 0.6) is 0 Å². The Kier molecular flexibility index (Phi) is 4.57. The first-order valence-corrected chi connectivity index (χ1v) is 13.1. The summed E-state index contributed by atoms with van der Waals surface area (Å²) in [6.45, 7) is 4.34. The van der Waals surface area contributed by atoms with Crippen molar-refractivity contribution in [3.05, 3.63) is 39.9 Å². The summed E-state index contributed by atoms with van der Waals surface area (Å²) >= 11 is 7.58. The van der Waals surface area contributed by atoms with Crippen molar-refractivity contribution in [3.63, 3.8) is 0 Å². The molecule has 4 aliphatic rings. The number of carbonyl (C=O) groups excluding carboxylic acids is 1. The van der Waals surface area contributed by atoms with Gasteiger partial charge in [0.15, 0.2) is 0 Å². The zero-order valence-electron chi connectivity index (χ0n) is 18.6. The Morgan fingerprint density at radius 3 is 2.59 bits per heavy atom. The molecule has 3 fully saturated rings. The molecule has 4 nitrogen and oxygen atoms in total. The molecule has 0 spiro atoms. The molecule has 2 aromatic rings. The first-order valence-electron chi connectivity index (χ1n) is 11.9. The first-order chi connectivity index (χ1) is 15.2. The number of aliphatic hydroxyl groups excluding tert-OH is 1. The van der Waals surface area contributed by atoms with Crippen LogP contribution >= 0.6 is 22.9 Å². The lowest BCUT2D eigenvalue weighted by Crippen LogP contribution is -2.65. The Morgan fingerprint density at radius 1 is 1.09 bits per heavy atom. The molecule has 32 heavy (non-hydrogen) atoms. The Bertz CT molecular complexity index is 1100. The van der Waals surface area contributed by atoms with Crippen LogP contribution in [0.4, 0.5) is 0 Å². The third kappa shape index (κ3) is 2.57. The van der Waals surface area contributed by atoms with Crippen molar-refractivity contribution in [2.45, 2.75) is 70.5 Å². The summed E-state index contributed by atoms with van der Waals surface area (Å²) in [4.78, 5) is 18.4. The van der Waals surface area contributed by atoms with Crippen LogP contribution in [0.3, 0.4) is 0 Å². The van der Waals surface area contributed by atoms with Gasteiger partial charge in [0.25, 0.3) is 0 Å². The van der Waals surface area contributed by atoms with Crippen LogP contribution in [0, 0.1) is 28.6 Å². The van der Waals surface area contributed by atoms with Gasteiger partial charge in [-0.05, 0) is 68.4 Å². The van der Waals surface area contributed by atoms with Crippen LogP contribution in [0.25, 0.3) is 10.6 Å². The molecule has 2 N–H and O–H groups in total. The number of aromatic nitrogens is 1. The van der Waals surface area contributed by atoms with Gasteiger partial charge in [0.2, 0.25) is 0 Å². The van der Waals surface area contributed by atoms with E-state index in [1.54, 1.807) is 0 Å². The second-order valence-electron chi connectivity index (χ2n) is 11.0. The van der Waals surface area contributed by atoms with Crippen molar-refractivity contribution in [2.75, 3.05) is 0 Å².